The van der Waals surface area contributed by atoms with E-state index in [4.69, 9.17) is 0 Å². The Balaban J connectivity index is 1.64. The average molecular weight is 365 g/mol. The first-order chi connectivity index (χ1) is 11.9. The van der Waals surface area contributed by atoms with Crippen molar-refractivity contribution in [1.29, 1.82) is 0 Å². The van der Waals surface area contributed by atoms with Crippen LogP contribution in [-0.4, -0.2) is 50.8 Å². The number of sulfonamides is 1. The second-order valence-corrected chi connectivity index (χ2v) is 8.26. The van der Waals surface area contributed by atoms with Gasteiger partial charge in [-0.15, -0.1) is 0 Å². The number of anilines is 1. The van der Waals surface area contributed by atoms with Gasteiger partial charge in [-0.1, -0.05) is 0 Å². The van der Waals surface area contributed by atoms with Crippen LogP contribution >= 0.6 is 0 Å². The Morgan fingerprint density at radius 1 is 1.12 bits per heavy atom. The van der Waals surface area contributed by atoms with E-state index in [-0.39, 0.29) is 22.8 Å². The zero-order valence-electron chi connectivity index (χ0n) is 14.3. The maximum atomic E-state index is 12.5. The first-order valence-electron chi connectivity index (χ1n) is 8.55. The van der Waals surface area contributed by atoms with Crippen LogP contribution in [0.2, 0.25) is 0 Å². The molecule has 2 saturated heterocycles. The lowest BCUT2D eigenvalue weighted by Crippen LogP contribution is -2.45. The summed E-state index contributed by atoms with van der Waals surface area (Å²) in [5.74, 6) is 0.0966. The van der Waals surface area contributed by atoms with Crippen molar-refractivity contribution in [2.75, 3.05) is 24.5 Å². The highest BCUT2D eigenvalue weighted by molar-refractivity contribution is 7.89. The van der Waals surface area contributed by atoms with E-state index in [0.717, 1.165) is 12.1 Å². The molecule has 2 heterocycles. The number of nitrogens with zero attached hydrogens (tertiary/aromatic N) is 2. The molecule has 2 amide bonds. The maximum absolute atomic E-state index is 12.5. The van der Waals surface area contributed by atoms with E-state index < -0.39 is 10.0 Å². The molecule has 2 aliphatic rings. The third kappa shape index (κ3) is 4.01. The number of rotatable bonds is 4. The predicted octanol–water partition coefficient (Wildman–Crippen LogP) is 1.10. The number of piperidine rings is 1. The normalized spacial score (nSPS) is 19.5. The number of hydrogen-bond acceptors (Lipinski definition) is 4. The predicted molar refractivity (Wildman–Crippen MR) is 93.6 cm³/mol. The van der Waals surface area contributed by atoms with E-state index in [1.165, 1.54) is 19.1 Å². The molecule has 8 heteroatoms. The Hall–Kier alpha value is -1.93. The van der Waals surface area contributed by atoms with Crippen molar-refractivity contribution in [1.82, 2.24) is 9.62 Å². The van der Waals surface area contributed by atoms with Crippen molar-refractivity contribution < 1.29 is 18.0 Å². The standard InChI is InChI=1S/C17H23N3O4S/c1-13(21)19-11-8-14(9-12-19)18-25(23,24)16-6-4-15(5-7-16)20-10-2-3-17(20)22/h4-7,14,18H,2-3,8-12H2,1H3. The zero-order valence-corrected chi connectivity index (χ0v) is 15.1. The summed E-state index contributed by atoms with van der Waals surface area (Å²) in [5.41, 5.74) is 0.733. The van der Waals surface area contributed by atoms with Crippen molar-refractivity contribution >= 4 is 27.5 Å². The Morgan fingerprint density at radius 3 is 2.28 bits per heavy atom. The lowest BCUT2D eigenvalue weighted by Gasteiger charge is -2.31. The molecular formula is C17H23N3O4S. The van der Waals surface area contributed by atoms with Gasteiger partial charge >= 0.3 is 0 Å². The van der Waals surface area contributed by atoms with Crippen LogP contribution in [0.4, 0.5) is 5.69 Å². The highest BCUT2D eigenvalue weighted by Crippen LogP contribution is 2.23. The van der Waals surface area contributed by atoms with Crippen LogP contribution < -0.4 is 9.62 Å². The van der Waals surface area contributed by atoms with E-state index in [2.05, 4.69) is 4.72 Å². The number of hydrogen-bond donors (Lipinski definition) is 1. The van der Waals surface area contributed by atoms with Crippen molar-refractivity contribution in [2.45, 2.75) is 43.5 Å². The fourth-order valence-electron chi connectivity index (χ4n) is 3.33. The number of nitrogens with one attached hydrogen (secondary N) is 1. The van der Waals surface area contributed by atoms with E-state index in [9.17, 15) is 18.0 Å². The lowest BCUT2D eigenvalue weighted by molar-refractivity contribution is -0.129. The maximum Gasteiger partial charge on any atom is 0.240 e. The number of likely N-dealkylation sites (tertiary alicyclic amines) is 1. The second-order valence-electron chi connectivity index (χ2n) is 6.54. The molecule has 0 aliphatic carbocycles. The molecule has 136 valence electrons. The Morgan fingerprint density at radius 2 is 1.76 bits per heavy atom. The van der Waals surface area contributed by atoms with Crippen LogP contribution in [0.15, 0.2) is 29.2 Å². The summed E-state index contributed by atoms with van der Waals surface area (Å²) in [4.78, 5) is 26.7. The fraction of sp³-hybridized carbons (Fsp3) is 0.529. The van der Waals surface area contributed by atoms with Gasteiger partial charge in [0.2, 0.25) is 21.8 Å². The highest BCUT2D eigenvalue weighted by Gasteiger charge is 2.26. The summed E-state index contributed by atoms with van der Waals surface area (Å²) >= 11 is 0. The van der Waals surface area contributed by atoms with Crippen LogP contribution in [0.1, 0.15) is 32.6 Å². The minimum absolute atomic E-state index is 0.0216. The van der Waals surface area contributed by atoms with Crippen LogP contribution in [0, 0.1) is 0 Å². The smallest absolute Gasteiger partial charge is 0.240 e. The van der Waals surface area contributed by atoms with Gasteiger partial charge in [-0.05, 0) is 43.5 Å². The summed E-state index contributed by atoms with van der Waals surface area (Å²) < 4.78 is 27.8. The molecule has 2 fully saturated rings. The molecule has 2 aliphatic heterocycles. The van der Waals surface area contributed by atoms with E-state index >= 15 is 0 Å². The quantitative estimate of drug-likeness (QED) is 0.866. The van der Waals surface area contributed by atoms with Crippen molar-refractivity contribution in [3.63, 3.8) is 0 Å². The van der Waals surface area contributed by atoms with Gasteiger partial charge in [0.25, 0.3) is 0 Å². The molecule has 1 aromatic rings. The molecule has 1 aromatic carbocycles. The molecule has 0 spiro atoms. The Kier molecular flexibility index (Phi) is 5.10. The van der Waals surface area contributed by atoms with E-state index in [1.807, 2.05) is 0 Å². The molecule has 25 heavy (non-hydrogen) atoms. The molecule has 0 bridgehead atoms. The minimum Gasteiger partial charge on any atom is -0.343 e. The van der Waals surface area contributed by atoms with Gasteiger partial charge < -0.3 is 9.80 Å². The molecule has 7 nitrogen and oxygen atoms in total. The largest absolute Gasteiger partial charge is 0.343 e. The van der Waals surface area contributed by atoms with Gasteiger partial charge in [-0.3, -0.25) is 9.59 Å². The molecule has 0 aromatic heterocycles. The fourth-order valence-corrected chi connectivity index (χ4v) is 4.63. The molecule has 1 N–H and O–H groups in total. The van der Waals surface area contributed by atoms with Gasteiger partial charge in [0, 0.05) is 44.7 Å². The first-order valence-corrected chi connectivity index (χ1v) is 10.0. The summed E-state index contributed by atoms with van der Waals surface area (Å²) in [6, 6.07) is 6.26. The Labute approximate surface area is 148 Å². The number of amides is 2. The highest BCUT2D eigenvalue weighted by atomic mass is 32.2. The summed E-state index contributed by atoms with van der Waals surface area (Å²) in [7, 11) is -3.61. The molecule has 3 rings (SSSR count). The Bertz CT molecular complexity index is 753. The number of benzene rings is 1. The lowest BCUT2D eigenvalue weighted by atomic mass is 10.1. The summed E-state index contributed by atoms with van der Waals surface area (Å²) in [5, 5.41) is 0. The summed E-state index contributed by atoms with van der Waals surface area (Å²) in [6.45, 7) is 3.34. The SMILES string of the molecule is CC(=O)N1CCC(NS(=O)(=O)c2ccc(N3CCCC3=O)cc2)CC1. The van der Waals surface area contributed by atoms with E-state index in [0.29, 0.717) is 38.9 Å². The molecule has 0 unspecified atom stereocenters. The molecule has 0 radical (unpaired) electrons. The molecule has 0 saturated carbocycles. The van der Waals surface area contributed by atoms with Crippen molar-refractivity contribution in [2.24, 2.45) is 0 Å². The number of carbonyl (C=O) groups excluding carboxylic acids is 2. The van der Waals surface area contributed by atoms with Crippen LogP contribution in [-0.2, 0) is 19.6 Å². The topological polar surface area (TPSA) is 86.8 Å². The van der Waals surface area contributed by atoms with Crippen molar-refractivity contribution in [3.05, 3.63) is 24.3 Å². The average Bonchev–Trinajstić information content (AvgIpc) is 3.01. The first kappa shape index (κ1) is 17.9. The van der Waals surface area contributed by atoms with Gasteiger partial charge in [-0.2, -0.15) is 0 Å². The summed E-state index contributed by atoms with van der Waals surface area (Å²) in [6.07, 6.45) is 2.60. The zero-order chi connectivity index (χ0) is 18.0. The van der Waals surface area contributed by atoms with Gasteiger partial charge in [0.05, 0.1) is 4.90 Å². The van der Waals surface area contributed by atoms with Crippen LogP contribution in [0.3, 0.4) is 0 Å². The molecule has 0 atom stereocenters. The monoisotopic (exact) mass is 365 g/mol. The third-order valence-electron chi connectivity index (χ3n) is 4.79. The van der Waals surface area contributed by atoms with Gasteiger partial charge in [-0.25, -0.2) is 13.1 Å². The number of carbonyl (C=O) groups is 2. The minimum atomic E-state index is -3.61. The van der Waals surface area contributed by atoms with Crippen LogP contribution in [0.25, 0.3) is 0 Å². The van der Waals surface area contributed by atoms with Crippen LogP contribution in [0.5, 0.6) is 0 Å². The van der Waals surface area contributed by atoms with Crippen molar-refractivity contribution in [3.8, 4) is 0 Å². The van der Waals surface area contributed by atoms with E-state index in [1.54, 1.807) is 21.9 Å². The third-order valence-corrected chi connectivity index (χ3v) is 6.33. The van der Waals surface area contributed by atoms with Gasteiger partial charge in [0.1, 0.15) is 0 Å². The van der Waals surface area contributed by atoms with Gasteiger partial charge in [0.15, 0.2) is 0 Å². The molecular weight excluding hydrogens is 342 g/mol. The second kappa shape index (κ2) is 7.13.